The topological polar surface area (TPSA) is 42.8 Å². The molecule has 0 N–H and O–H groups in total. The SMILES string of the molecule is C[C@@H]1C/C=C(c2c(-n3c4cc5ccccc5cc4c4c5ccccc5ccc43)c3oc4c(c3c3ccccc23)CCC=C4)/N=C(c2cccc3ccccc23)\N=C/1c1ccc(-c2ccccc2)cc1. The number of nitrogens with zero attached hydrogens (tertiary/aromatic N) is 3. The van der Waals surface area contributed by atoms with Gasteiger partial charge < -0.3 is 8.98 Å². The molecular weight excluding hydrogens is 839 g/mol. The third-order valence-electron chi connectivity index (χ3n) is 14.7. The van der Waals surface area contributed by atoms with Crippen molar-refractivity contribution >= 4 is 99.2 Å². The Kier molecular flexibility index (Phi) is 9.03. The molecule has 0 saturated heterocycles. The van der Waals surface area contributed by atoms with Crippen molar-refractivity contribution in [2.45, 2.75) is 26.2 Å². The Morgan fingerprint density at radius 3 is 1.99 bits per heavy atom. The van der Waals surface area contributed by atoms with Gasteiger partial charge in [0.25, 0.3) is 0 Å². The molecule has 1 aliphatic carbocycles. The molecule has 14 rings (SSSR count). The number of hydrogen-bond acceptors (Lipinski definition) is 3. The summed E-state index contributed by atoms with van der Waals surface area (Å²) >= 11 is 0. The number of aryl methyl sites for hydroxylation is 1. The summed E-state index contributed by atoms with van der Waals surface area (Å²) in [6.07, 6.45) is 9.42. The zero-order valence-corrected chi connectivity index (χ0v) is 38.2. The summed E-state index contributed by atoms with van der Waals surface area (Å²) in [7, 11) is 0. The second kappa shape index (κ2) is 15.8. The van der Waals surface area contributed by atoms with Crippen LogP contribution in [0.4, 0.5) is 0 Å². The normalized spacial score (nSPS) is 17.5. The fourth-order valence-electron chi connectivity index (χ4n) is 11.4. The standard InChI is InChI=1S/C65H45N3O/c1-40-30-36-55(66-65(52-28-15-22-43-18-7-9-23-48(43)52)67-62(40)45-33-31-42(32-34-45)41-16-3-2-4-17-41)61-51-26-12-11-25-50(51)60-53-27-13-14-29-58(53)69-64(60)63(61)68-56-37-35-44-19-8-10-24-49(44)59(56)54-38-46-20-5-6-21-47(46)39-57(54)68/h2-12,14-26,28-29,31-40H,13,27,30H2,1H3/b55-36+,66-65-,67-62+/t40-/m1/s1. The second-order valence-electron chi connectivity index (χ2n) is 18.7. The first-order chi connectivity index (χ1) is 34.1. The van der Waals surface area contributed by atoms with E-state index in [0.717, 1.165) is 91.6 Å². The summed E-state index contributed by atoms with van der Waals surface area (Å²) in [6, 6.07) is 70.4. The Hall–Kier alpha value is -8.60. The van der Waals surface area contributed by atoms with Crippen molar-refractivity contribution in [3.63, 3.8) is 0 Å². The van der Waals surface area contributed by atoms with Crippen molar-refractivity contribution in [3.05, 3.63) is 234 Å². The fourth-order valence-corrected chi connectivity index (χ4v) is 11.4. The molecule has 3 heterocycles. The smallest absolute Gasteiger partial charge is 0.160 e. The average molecular weight is 884 g/mol. The summed E-state index contributed by atoms with van der Waals surface area (Å²) in [5.74, 6) is 1.68. The molecule has 2 aliphatic rings. The van der Waals surface area contributed by atoms with E-state index in [4.69, 9.17) is 14.4 Å². The Morgan fingerprint density at radius 1 is 0.522 bits per heavy atom. The second-order valence-corrected chi connectivity index (χ2v) is 18.7. The zero-order valence-electron chi connectivity index (χ0n) is 38.2. The molecule has 0 amide bonds. The molecule has 0 radical (unpaired) electrons. The van der Waals surface area contributed by atoms with Gasteiger partial charge in [-0.3, -0.25) is 0 Å². The third-order valence-corrected chi connectivity index (χ3v) is 14.7. The highest BCUT2D eigenvalue weighted by molar-refractivity contribution is 6.26. The van der Waals surface area contributed by atoms with E-state index in [2.05, 4.69) is 224 Å². The number of allylic oxidation sites excluding steroid dienone is 2. The zero-order chi connectivity index (χ0) is 45.6. The first kappa shape index (κ1) is 39.6. The molecule has 0 bridgehead atoms. The van der Waals surface area contributed by atoms with Gasteiger partial charge in [0, 0.05) is 38.8 Å². The van der Waals surface area contributed by atoms with Gasteiger partial charge in [0.1, 0.15) is 5.76 Å². The van der Waals surface area contributed by atoms with Crippen molar-refractivity contribution in [1.82, 2.24) is 4.57 Å². The largest absolute Gasteiger partial charge is 0.454 e. The van der Waals surface area contributed by atoms with E-state index >= 15 is 0 Å². The lowest BCUT2D eigenvalue weighted by Gasteiger charge is -2.22. The highest BCUT2D eigenvalue weighted by Crippen LogP contribution is 2.48. The van der Waals surface area contributed by atoms with Crippen LogP contribution in [0.25, 0.3) is 104 Å². The minimum absolute atomic E-state index is 0.0635. The fraction of sp³-hybridized carbons (Fsp3) is 0.0769. The minimum Gasteiger partial charge on any atom is -0.454 e. The van der Waals surface area contributed by atoms with Crippen molar-refractivity contribution in [1.29, 1.82) is 0 Å². The molecule has 1 atom stereocenters. The Balaban J connectivity index is 1.11. The monoisotopic (exact) mass is 883 g/mol. The molecule has 2 aromatic heterocycles. The Bertz CT molecular complexity index is 4210. The lowest BCUT2D eigenvalue weighted by atomic mass is 9.90. The molecule has 0 saturated carbocycles. The highest BCUT2D eigenvalue weighted by atomic mass is 16.3. The number of aliphatic imine (C=N–C) groups is 2. The van der Waals surface area contributed by atoms with Crippen LogP contribution < -0.4 is 0 Å². The maximum absolute atomic E-state index is 7.31. The summed E-state index contributed by atoms with van der Waals surface area (Å²) in [4.78, 5) is 11.6. The van der Waals surface area contributed by atoms with Gasteiger partial charge >= 0.3 is 0 Å². The average Bonchev–Trinajstić information content (AvgIpc) is 3.95. The van der Waals surface area contributed by atoms with E-state index < -0.39 is 0 Å². The maximum atomic E-state index is 7.31. The number of rotatable bonds is 5. The van der Waals surface area contributed by atoms with E-state index in [1.807, 2.05) is 0 Å². The lowest BCUT2D eigenvalue weighted by molar-refractivity contribution is 0.594. The van der Waals surface area contributed by atoms with Gasteiger partial charge in [-0.1, -0.05) is 195 Å². The number of benzene rings is 10. The van der Waals surface area contributed by atoms with Crippen LogP contribution in [0.15, 0.2) is 221 Å². The van der Waals surface area contributed by atoms with E-state index in [1.165, 1.54) is 59.8 Å². The molecule has 10 aromatic carbocycles. The first-order valence-corrected chi connectivity index (χ1v) is 24.2. The van der Waals surface area contributed by atoms with Gasteiger partial charge in [0.15, 0.2) is 11.4 Å². The van der Waals surface area contributed by atoms with Crippen LogP contribution in [0.3, 0.4) is 0 Å². The van der Waals surface area contributed by atoms with E-state index in [0.29, 0.717) is 5.84 Å². The molecule has 4 nitrogen and oxygen atoms in total. The van der Waals surface area contributed by atoms with E-state index in [1.54, 1.807) is 0 Å². The van der Waals surface area contributed by atoms with E-state index in [-0.39, 0.29) is 5.92 Å². The lowest BCUT2D eigenvalue weighted by Crippen LogP contribution is -2.17. The number of fused-ring (bicyclic) bond motifs is 12. The van der Waals surface area contributed by atoms with E-state index in [9.17, 15) is 0 Å². The van der Waals surface area contributed by atoms with Crippen LogP contribution >= 0.6 is 0 Å². The van der Waals surface area contributed by atoms with Crippen LogP contribution in [0.5, 0.6) is 0 Å². The third kappa shape index (κ3) is 6.29. The van der Waals surface area contributed by atoms with Crippen LogP contribution in [-0.2, 0) is 6.42 Å². The van der Waals surface area contributed by atoms with Crippen molar-refractivity contribution in [3.8, 4) is 16.8 Å². The molecule has 0 spiro atoms. The van der Waals surface area contributed by atoms with Gasteiger partial charge in [-0.2, -0.15) is 0 Å². The summed E-state index contributed by atoms with van der Waals surface area (Å²) in [6.45, 7) is 2.31. The van der Waals surface area contributed by atoms with Crippen molar-refractivity contribution < 1.29 is 4.42 Å². The molecule has 0 fully saturated rings. The molecule has 0 unspecified atom stereocenters. The number of amidine groups is 1. The molecule has 1 aliphatic heterocycles. The van der Waals surface area contributed by atoms with Crippen LogP contribution in [0.2, 0.25) is 0 Å². The maximum Gasteiger partial charge on any atom is 0.160 e. The van der Waals surface area contributed by atoms with Gasteiger partial charge in [-0.15, -0.1) is 0 Å². The quantitative estimate of drug-likeness (QED) is 0.170. The minimum atomic E-state index is 0.0635. The van der Waals surface area contributed by atoms with Gasteiger partial charge in [-0.05, 0) is 103 Å². The highest BCUT2D eigenvalue weighted by Gasteiger charge is 2.30. The van der Waals surface area contributed by atoms with Crippen molar-refractivity contribution in [2.24, 2.45) is 15.9 Å². The molecular formula is C65H45N3O. The number of aromatic nitrogens is 1. The van der Waals surface area contributed by atoms with Gasteiger partial charge in [0.2, 0.25) is 0 Å². The predicted molar refractivity (Wildman–Crippen MR) is 291 cm³/mol. The molecule has 12 aromatic rings. The summed E-state index contributed by atoms with van der Waals surface area (Å²) in [5.41, 5.74) is 12.8. The number of furan rings is 1. The predicted octanol–water partition coefficient (Wildman–Crippen LogP) is 17.1. The Morgan fingerprint density at radius 2 is 1.17 bits per heavy atom. The van der Waals surface area contributed by atoms with Gasteiger partial charge in [0.05, 0.1) is 28.1 Å². The van der Waals surface area contributed by atoms with Crippen LogP contribution in [0.1, 0.15) is 47.8 Å². The molecule has 4 heteroatoms. The number of hydrogen-bond donors (Lipinski definition) is 0. The molecule has 326 valence electrons. The summed E-state index contributed by atoms with van der Waals surface area (Å²) in [5, 5.41) is 13.0. The van der Waals surface area contributed by atoms with Crippen molar-refractivity contribution in [2.75, 3.05) is 0 Å². The van der Waals surface area contributed by atoms with Gasteiger partial charge in [-0.25, -0.2) is 9.98 Å². The van der Waals surface area contributed by atoms with Crippen LogP contribution in [-0.4, -0.2) is 16.1 Å². The van der Waals surface area contributed by atoms with Crippen LogP contribution in [0, 0.1) is 5.92 Å². The molecule has 69 heavy (non-hydrogen) atoms. The first-order valence-electron chi connectivity index (χ1n) is 24.2. The Labute approximate surface area is 399 Å². The summed E-state index contributed by atoms with van der Waals surface area (Å²) < 4.78 is 9.82.